The molecular formula is C19H22N2O5. The van der Waals surface area contributed by atoms with Gasteiger partial charge in [0.2, 0.25) is 0 Å². The van der Waals surface area contributed by atoms with E-state index in [4.69, 9.17) is 19.9 Å². The summed E-state index contributed by atoms with van der Waals surface area (Å²) in [7, 11) is 3.06. The van der Waals surface area contributed by atoms with Crippen LogP contribution in [-0.4, -0.2) is 32.1 Å². The minimum absolute atomic E-state index is 0.176. The van der Waals surface area contributed by atoms with Crippen LogP contribution in [0.4, 0.5) is 0 Å². The van der Waals surface area contributed by atoms with Gasteiger partial charge in [0.05, 0.1) is 19.8 Å². The number of ether oxygens (including phenoxy) is 3. The summed E-state index contributed by atoms with van der Waals surface area (Å²) in [6.45, 7) is 1.87. The van der Waals surface area contributed by atoms with Crippen molar-refractivity contribution in [3.05, 3.63) is 53.6 Å². The topological polar surface area (TPSA) is 99.9 Å². The Bertz CT molecular complexity index is 791. The van der Waals surface area contributed by atoms with Crippen LogP contribution in [0.25, 0.3) is 0 Å². The Morgan fingerprint density at radius 2 is 1.81 bits per heavy atom. The summed E-state index contributed by atoms with van der Waals surface area (Å²) in [5.41, 5.74) is 6.37. The molecule has 1 atom stereocenters. The van der Waals surface area contributed by atoms with E-state index in [9.17, 15) is 9.59 Å². The highest BCUT2D eigenvalue weighted by atomic mass is 16.5. The number of para-hydroxylation sites is 1. The van der Waals surface area contributed by atoms with E-state index in [1.54, 1.807) is 20.1 Å². The Morgan fingerprint density at radius 1 is 1.08 bits per heavy atom. The van der Waals surface area contributed by atoms with Crippen molar-refractivity contribution in [1.82, 2.24) is 5.32 Å². The third-order valence-electron chi connectivity index (χ3n) is 3.77. The summed E-state index contributed by atoms with van der Waals surface area (Å²) < 4.78 is 16.0. The fourth-order valence-corrected chi connectivity index (χ4v) is 2.35. The molecule has 0 radical (unpaired) electrons. The van der Waals surface area contributed by atoms with Crippen molar-refractivity contribution in [2.75, 3.05) is 14.2 Å². The van der Waals surface area contributed by atoms with Crippen molar-refractivity contribution in [1.29, 1.82) is 0 Å². The molecule has 2 aromatic carbocycles. The van der Waals surface area contributed by atoms with Gasteiger partial charge >= 0.3 is 0 Å². The lowest BCUT2D eigenvalue weighted by Crippen LogP contribution is -2.36. The number of methoxy groups -OCH3 is 2. The van der Waals surface area contributed by atoms with Gasteiger partial charge in [0.25, 0.3) is 11.8 Å². The van der Waals surface area contributed by atoms with E-state index in [2.05, 4.69) is 5.32 Å². The van der Waals surface area contributed by atoms with Crippen LogP contribution in [0.1, 0.15) is 22.8 Å². The lowest BCUT2D eigenvalue weighted by atomic mass is 10.1. The summed E-state index contributed by atoms with van der Waals surface area (Å²) in [5, 5.41) is 2.78. The zero-order valence-electron chi connectivity index (χ0n) is 14.9. The molecule has 0 aliphatic heterocycles. The van der Waals surface area contributed by atoms with Gasteiger partial charge in [-0.2, -0.15) is 0 Å². The Kier molecular flexibility index (Phi) is 6.43. The van der Waals surface area contributed by atoms with E-state index in [0.717, 1.165) is 5.56 Å². The predicted molar refractivity (Wildman–Crippen MR) is 96.4 cm³/mol. The molecule has 7 nitrogen and oxygen atoms in total. The molecule has 1 unspecified atom stereocenters. The van der Waals surface area contributed by atoms with Gasteiger partial charge in [0.15, 0.2) is 6.10 Å². The van der Waals surface area contributed by atoms with E-state index in [0.29, 0.717) is 11.5 Å². The Morgan fingerprint density at radius 3 is 2.46 bits per heavy atom. The molecule has 138 valence electrons. The van der Waals surface area contributed by atoms with Crippen LogP contribution in [-0.2, 0) is 11.3 Å². The third-order valence-corrected chi connectivity index (χ3v) is 3.77. The average Bonchev–Trinajstić information content (AvgIpc) is 2.65. The number of benzene rings is 2. The molecule has 2 aromatic rings. The van der Waals surface area contributed by atoms with Crippen molar-refractivity contribution >= 4 is 11.8 Å². The second-order valence-electron chi connectivity index (χ2n) is 5.52. The van der Waals surface area contributed by atoms with E-state index < -0.39 is 12.0 Å². The molecular weight excluding hydrogens is 336 g/mol. The van der Waals surface area contributed by atoms with E-state index >= 15 is 0 Å². The number of carbonyl (C=O) groups excluding carboxylic acids is 2. The first kappa shape index (κ1) is 19.1. The van der Waals surface area contributed by atoms with Crippen LogP contribution in [0.5, 0.6) is 17.2 Å². The normalized spacial score (nSPS) is 11.3. The number of hydrogen-bond donors (Lipinski definition) is 2. The summed E-state index contributed by atoms with van der Waals surface area (Å²) in [6.07, 6.45) is -0.838. The Labute approximate surface area is 152 Å². The number of nitrogens with two attached hydrogens (primary N) is 1. The number of amides is 2. The van der Waals surface area contributed by atoms with Crippen LogP contribution in [0.15, 0.2) is 42.5 Å². The molecule has 0 aliphatic carbocycles. The number of nitrogens with one attached hydrogen (secondary N) is 1. The van der Waals surface area contributed by atoms with Gasteiger partial charge in [-0.1, -0.05) is 18.2 Å². The molecule has 2 rings (SSSR count). The van der Waals surface area contributed by atoms with Crippen molar-refractivity contribution in [2.24, 2.45) is 5.73 Å². The van der Waals surface area contributed by atoms with Gasteiger partial charge in [0.1, 0.15) is 17.2 Å². The molecule has 0 saturated carbocycles. The number of hydrogen-bond acceptors (Lipinski definition) is 5. The zero-order valence-corrected chi connectivity index (χ0v) is 14.9. The smallest absolute Gasteiger partial charge is 0.261 e. The number of rotatable bonds is 8. The number of carbonyl (C=O) groups is 2. The molecule has 0 bridgehead atoms. The molecule has 3 N–H and O–H groups in total. The van der Waals surface area contributed by atoms with E-state index in [1.165, 1.54) is 19.2 Å². The van der Waals surface area contributed by atoms with Crippen molar-refractivity contribution in [2.45, 2.75) is 19.6 Å². The minimum Gasteiger partial charge on any atom is -0.497 e. The van der Waals surface area contributed by atoms with Crippen LogP contribution < -0.4 is 25.3 Å². The molecule has 0 aromatic heterocycles. The van der Waals surface area contributed by atoms with Crippen LogP contribution >= 0.6 is 0 Å². The first-order valence-corrected chi connectivity index (χ1v) is 8.00. The average molecular weight is 358 g/mol. The molecule has 26 heavy (non-hydrogen) atoms. The van der Waals surface area contributed by atoms with Crippen LogP contribution in [0.2, 0.25) is 0 Å². The molecule has 0 heterocycles. The van der Waals surface area contributed by atoms with Crippen LogP contribution in [0, 0.1) is 0 Å². The second-order valence-corrected chi connectivity index (χ2v) is 5.52. The Hall–Kier alpha value is -3.22. The number of primary amides is 1. The van der Waals surface area contributed by atoms with Crippen LogP contribution in [0.3, 0.4) is 0 Å². The summed E-state index contributed by atoms with van der Waals surface area (Å²) >= 11 is 0. The monoisotopic (exact) mass is 358 g/mol. The Balaban J connectivity index is 2.06. The highest BCUT2D eigenvalue weighted by molar-refractivity contribution is 5.96. The van der Waals surface area contributed by atoms with Gasteiger partial charge in [-0.15, -0.1) is 0 Å². The van der Waals surface area contributed by atoms with Crippen molar-refractivity contribution in [3.8, 4) is 17.2 Å². The van der Waals surface area contributed by atoms with Crippen molar-refractivity contribution in [3.63, 3.8) is 0 Å². The molecule has 0 aliphatic rings. The highest BCUT2D eigenvalue weighted by Gasteiger charge is 2.19. The molecule has 7 heteroatoms. The SMILES string of the molecule is COc1ccc(C(N)=O)c(OC(C)C(=O)NCc2ccccc2OC)c1. The van der Waals surface area contributed by atoms with Gasteiger partial charge < -0.3 is 25.3 Å². The second kappa shape index (κ2) is 8.75. The summed E-state index contributed by atoms with van der Waals surface area (Å²) in [4.78, 5) is 23.9. The minimum atomic E-state index is -0.838. The third kappa shape index (κ3) is 4.66. The summed E-state index contributed by atoms with van der Waals surface area (Å²) in [6, 6.07) is 12.0. The zero-order chi connectivity index (χ0) is 19.1. The standard InChI is InChI=1S/C19H22N2O5/c1-12(19(23)21-11-13-6-4-5-7-16(13)25-3)26-17-10-14(24-2)8-9-15(17)18(20)22/h4-10,12H,11H2,1-3H3,(H2,20,22)(H,21,23). The fourth-order valence-electron chi connectivity index (χ4n) is 2.35. The molecule has 0 saturated heterocycles. The van der Waals surface area contributed by atoms with E-state index in [-0.39, 0.29) is 23.8 Å². The van der Waals surface area contributed by atoms with Gasteiger partial charge in [-0.05, 0) is 25.1 Å². The van der Waals surface area contributed by atoms with Gasteiger partial charge in [-0.3, -0.25) is 9.59 Å². The highest BCUT2D eigenvalue weighted by Crippen LogP contribution is 2.25. The van der Waals surface area contributed by atoms with Gasteiger partial charge in [-0.25, -0.2) is 0 Å². The maximum atomic E-state index is 12.3. The predicted octanol–water partition coefficient (Wildman–Crippen LogP) is 1.89. The maximum absolute atomic E-state index is 12.3. The lowest BCUT2D eigenvalue weighted by Gasteiger charge is -2.17. The molecule has 0 spiro atoms. The quantitative estimate of drug-likeness (QED) is 0.751. The first-order chi connectivity index (χ1) is 12.5. The fraction of sp³-hybridized carbons (Fsp3) is 0.263. The van der Waals surface area contributed by atoms with Crippen molar-refractivity contribution < 1.29 is 23.8 Å². The largest absolute Gasteiger partial charge is 0.497 e. The summed E-state index contributed by atoms with van der Waals surface area (Å²) in [5.74, 6) is 0.382. The maximum Gasteiger partial charge on any atom is 0.261 e. The molecule has 0 fully saturated rings. The van der Waals surface area contributed by atoms with Gasteiger partial charge in [0, 0.05) is 18.2 Å². The molecule has 2 amide bonds. The first-order valence-electron chi connectivity index (χ1n) is 8.00. The lowest BCUT2D eigenvalue weighted by molar-refractivity contribution is -0.127. The van der Waals surface area contributed by atoms with E-state index in [1.807, 2.05) is 24.3 Å².